The van der Waals surface area contributed by atoms with Crippen molar-refractivity contribution in [2.45, 2.75) is 71.4 Å². The Morgan fingerprint density at radius 1 is 1.11 bits per heavy atom. The fourth-order valence-electron chi connectivity index (χ4n) is 3.58. The standard InChI is InChI=1S/C16H31NO/c1-16(2,3)14-8-7-13(18)11-15(14)17(4)10-9-12-5-6-12/h12-15,18H,5-11H2,1-4H3. The van der Waals surface area contributed by atoms with Gasteiger partial charge in [-0.25, -0.2) is 0 Å². The Morgan fingerprint density at radius 3 is 2.33 bits per heavy atom. The summed E-state index contributed by atoms with van der Waals surface area (Å²) in [5.74, 6) is 1.74. The fourth-order valence-corrected chi connectivity index (χ4v) is 3.58. The molecule has 1 N–H and O–H groups in total. The van der Waals surface area contributed by atoms with Gasteiger partial charge in [-0.2, -0.15) is 0 Å². The van der Waals surface area contributed by atoms with Gasteiger partial charge >= 0.3 is 0 Å². The van der Waals surface area contributed by atoms with Gasteiger partial charge in [-0.05, 0) is 56.5 Å². The highest BCUT2D eigenvalue weighted by Gasteiger charge is 2.39. The largest absolute Gasteiger partial charge is 0.393 e. The van der Waals surface area contributed by atoms with E-state index in [2.05, 4.69) is 32.7 Å². The molecule has 0 aromatic rings. The second kappa shape index (κ2) is 5.50. The lowest BCUT2D eigenvalue weighted by Crippen LogP contribution is -2.48. The van der Waals surface area contributed by atoms with E-state index in [-0.39, 0.29) is 6.10 Å². The van der Waals surface area contributed by atoms with Crippen LogP contribution in [-0.4, -0.2) is 35.7 Å². The highest BCUT2D eigenvalue weighted by atomic mass is 16.3. The van der Waals surface area contributed by atoms with Crippen LogP contribution in [0.25, 0.3) is 0 Å². The third-order valence-electron chi connectivity index (χ3n) is 5.05. The second-order valence-corrected chi connectivity index (χ2v) is 7.72. The van der Waals surface area contributed by atoms with Gasteiger partial charge in [0.2, 0.25) is 0 Å². The van der Waals surface area contributed by atoms with Gasteiger partial charge in [-0.1, -0.05) is 33.6 Å². The van der Waals surface area contributed by atoms with E-state index in [1.165, 1.54) is 32.2 Å². The predicted molar refractivity (Wildman–Crippen MR) is 76.6 cm³/mol. The van der Waals surface area contributed by atoms with Gasteiger partial charge in [0.15, 0.2) is 0 Å². The zero-order valence-corrected chi connectivity index (χ0v) is 12.7. The first-order chi connectivity index (χ1) is 8.38. The summed E-state index contributed by atoms with van der Waals surface area (Å²) >= 11 is 0. The maximum atomic E-state index is 9.98. The lowest BCUT2D eigenvalue weighted by molar-refractivity contribution is -0.00279. The van der Waals surface area contributed by atoms with E-state index < -0.39 is 0 Å². The maximum absolute atomic E-state index is 9.98. The van der Waals surface area contributed by atoms with Crippen LogP contribution >= 0.6 is 0 Å². The summed E-state index contributed by atoms with van der Waals surface area (Å²) < 4.78 is 0. The average molecular weight is 253 g/mol. The summed E-state index contributed by atoms with van der Waals surface area (Å²) in [7, 11) is 2.27. The minimum Gasteiger partial charge on any atom is -0.393 e. The Kier molecular flexibility index (Phi) is 4.38. The Hall–Kier alpha value is -0.0800. The molecule has 0 aromatic carbocycles. The van der Waals surface area contributed by atoms with E-state index >= 15 is 0 Å². The average Bonchev–Trinajstić information content (AvgIpc) is 3.07. The zero-order chi connectivity index (χ0) is 13.3. The molecular weight excluding hydrogens is 222 g/mol. The monoisotopic (exact) mass is 253 g/mol. The van der Waals surface area contributed by atoms with Gasteiger partial charge < -0.3 is 10.0 Å². The number of aliphatic hydroxyl groups is 1. The SMILES string of the molecule is CN(CCC1CC1)C1CC(O)CCC1C(C)(C)C. The summed E-state index contributed by atoms with van der Waals surface area (Å²) in [6.45, 7) is 8.29. The molecule has 0 aromatic heterocycles. The Bertz CT molecular complexity index is 267. The smallest absolute Gasteiger partial charge is 0.0555 e. The van der Waals surface area contributed by atoms with E-state index in [4.69, 9.17) is 0 Å². The molecule has 2 nitrogen and oxygen atoms in total. The van der Waals surface area contributed by atoms with Gasteiger partial charge in [0, 0.05) is 6.04 Å². The van der Waals surface area contributed by atoms with E-state index in [0.29, 0.717) is 11.5 Å². The van der Waals surface area contributed by atoms with Crippen molar-refractivity contribution in [3.8, 4) is 0 Å². The first-order valence-electron chi connectivity index (χ1n) is 7.76. The van der Waals surface area contributed by atoms with Crippen molar-refractivity contribution in [1.29, 1.82) is 0 Å². The van der Waals surface area contributed by atoms with Gasteiger partial charge in [0.1, 0.15) is 0 Å². The topological polar surface area (TPSA) is 23.5 Å². The molecule has 0 amide bonds. The highest BCUT2D eigenvalue weighted by Crippen LogP contribution is 2.40. The highest BCUT2D eigenvalue weighted by molar-refractivity contribution is 4.92. The molecular formula is C16H31NO. The summed E-state index contributed by atoms with van der Waals surface area (Å²) in [5, 5.41) is 9.98. The van der Waals surface area contributed by atoms with Crippen molar-refractivity contribution in [3.05, 3.63) is 0 Å². The Labute approximate surface area is 113 Å². The van der Waals surface area contributed by atoms with Crippen molar-refractivity contribution >= 4 is 0 Å². The van der Waals surface area contributed by atoms with Crippen LogP contribution in [0, 0.1) is 17.3 Å². The normalized spacial score (nSPS) is 34.0. The number of aliphatic hydroxyl groups excluding tert-OH is 1. The zero-order valence-electron chi connectivity index (χ0n) is 12.7. The van der Waals surface area contributed by atoms with E-state index in [1.807, 2.05) is 0 Å². The molecule has 2 fully saturated rings. The van der Waals surface area contributed by atoms with Crippen LogP contribution in [0.4, 0.5) is 0 Å². The predicted octanol–water partition coefficient (Wildman–Crippen LogP) is 3.29. The molecule has 0 spiro atoms. The van der Waals surface area contributed by atoms with Gasteiger partial charge in [-0.3, -0.25) is 0 Å². The van der Waals surface area contributed by atoms with Crippen molar-refractivity contribution in [1.82, 2.24) is 4.90 Å². The molecule has 3 unspecified atom stereocenters. The van der Waals surface area contributed by atoms with Crippen molar-refractivity contribution in [2.24, 2.45) is 17.3 Å². The number of hydrogen-bond donors (Lipinski definition) is 1. The van der Waals surface area contributed by atoms with Crippen LogP contribution in [-0.2, 0) is 0 Å². The van der Waals surface area contributed by atoms with E-state index in [0.717, 1.165) is 24.7 Å². The second-order valence-electron chi connectivity index (χ2n) is 7.72. The molecule has 0 heterocycles. The van der Waals surface area contributed by atoms with Crippen molar-refractivity contribution in [2.75, 3.05) is 13.6 Å². The summed E-state index contributed by atoms with van der Waals surface area (Å²) in [5.41, 5.74) is 0.360. The molecule has 2 aliphatic carbocycles. The molecule has 2 saturated carbocycles. The van der Waals surface area contributed by atoms with Crippen molar-refractivity contribution in [3.63, 3.8) is 0 Å². The number of rotatable bonds is 4. The van der Waals surface area contributed by atoms with Crippen LogP contribution in [0.1, 0.15) is 59.3 Å². The van der Waals surface area contributed by atoms with E-state index in [9.17, 15) is 5.11 Å². The molecule has 3 atom stereocenters. The molecule has 0 aliphatic heterocycles. The summed E-state index contributed by atoms with van der Waals surface area (Å²) in [4.78, 5) is 2.54. The van der Waals surface area contributed by atoms with Gasteiger partial charge in [0.05, 0.1) is 6.10 Å². The molecule has 0 bridgehead atoms. The molecule has 2 rings (SSSR count). The van der Waals surface area contributed by atoms with E-state index in [1.54, 1.807) is 0 Å². The summed E-state index contributed by atoms with van der Waals surface area (Å²) in [6.07, 6.45) is 7.34. The first-order valence-corrected chi connectivity index (χ1v) is 7.76. The summed E-state index contributed by atoms with van der Waals surface area (Å²) in [6, 6.07) is 0.576. The quantitative estimate of drug-likeness (QED) is 0.831. The lowest BCUT2D eigenvalue weighted by Gasteiger charge is -2.46. The Balaban J connectivity index is 1.94. The minimum absolute atomic E-state index is 0.0722. The lowest BCUT2D eigenvalue weighted by atomic mass is 9.68. The molecule has 106 valence electrons. The molecule has 0 saturated heterocycles. The first kappa shape index (κ1) is 14.3. The molecule has 2 heteroatoms. The van der Waals surface area contributed by atoms with Gasteiger partial charge in [0.25, 0.3) is 0 Å². The minimum atomic E-state index is -0.0722. The molecule has 2 aliphatic rings. The van der Waals surface area contributed by atoms with Crippen LogP contribution in [0.5, 0.6) is 0 Å². The third kappa shape index (κ3) is 3.71. The van der Waals surface area contributed by atoms with Crippen molar-refractivity contribution < 1.29 is 5.11 Å². The molecule has 18 heavy (non-hydrogen) atoms. The van der Waals surface area contributed by atoms with Crippen LogP contribution in [0.2, 0.25) is 0 Å². The molecule has 0 radical (unpaired) electrons. The van der Waals surface area contributed by atoms with Crippen LogP contribution in [0.3, 0.4) is 0 Å². The maximum Gasteiger partial charge on any atom is 0.0555 e. The third-order valence-corrected chi connectivity index (χ3v) is 5.05. The Morgan fingerprint density at radius 2 is 1.78 bits per heavy atom. The fraction of sp³-hybridized carbons (Fsp3) is 1.00. The van der Waals surface area contributed by atoms with Gasteiger partial charge in [-0.15, -0.1) is 0 Å². The number of hydrogen-bond acceptors (Lipinski definition) is 2. The van der Waals surface area contributed by atoms with Crippen LogP contribution in [0.15, 0.2) is 0 Å². The number of nitrogens with zero attached hydrogens (tertiary/aromatic N) is 1. The van der Waals surface area contributed by atoms with Crippen LogP contribution < -0.4 is 0 Å².